The Bertz CT molecular complexity index is 1070. The highest BCUT2D eigenvalue weighted by atomic mass is 14.1. The molecule has 0 atom stereocenters. The monoisotopic (exact) mass is 504 g/mol. The second-order valence-electron chi connectivity index (χ2n) is 8.32. The number of fused-ring (bicyclic) bond motifs is 2. The van der Waals surface area contributed by atoms with Crippen molar-refractivity contribution in [2.24, 2.45) is 0 Å². The molecule has 0 heterocycles. The van der Waals surface area contributed by atoms with Crippen LogP contribution in [0, 0.1) is 34.6 Å². The summed E-state index contributed by atoms with van der Waals surface area (Å²) >= 11 is 0. The highest BCUT2D eigenvalue weighted by Crippen LogP contribution is 2.23. The molecule has 0 N–H and O–H groups in total. The molecule has 0 aliphatic heterocycles. The molecule has 0 aliphatic carbocycles. The third kappa shape index (κ3) is 14.1. The van der Waals surface area contributed by atoms with E-state index < -0.39 is 0 Å². The van der Waals surface area contributed by atoms with Gasteiger partial charge in [0.2, 0.25) is 0 Å². The molecule has 0 aliphatic rings. The average Bonchev–Trinajstić information content (AvgIpc) is 2.94. The summed E-state index contributed by atoms with van der Waals surface area (Å²) in [5, 5.41) is 5.48. The molecule has 208 valence electrons. The summed E-state index contributed by atoms with van der Waals surface area (Å²) in [5.41, 5.74) is 6.90. The van der Waals surface area contributed by atoms with Crippen LogP contribution in [0.1, 0.15) is 110 Å². The van der Waals surface area contributed by atoms with Gasteiger partial charge in [0.25, 0.3) is 0 Å². The fourth-order valence-electron chi connectivity index (χ4n) is 3.31. The maximum absolute atomic E-state index is 2.22. The SMILES string of the molecule is CC.CC.CC.CCC.CCC.Cc1ccc2c(C)cccc2c1C.Cc1ccc2ccccc2c1C. The molecule has 0 unspecified atom stereocenters. The number of hydrogen-bond donors (Lipinski definition) is 0. The van der Waals surface area contributed by atoms with Crippen molar-refractivity contribution in [2.75, 3.05) is 0 Å². The van der Waals surface area contributed by atoms with Crippen molar-refractivity contribution in [3.8, 4) is 0 Å². The van der Waals surface area contributed by atoms with E-state index in [-0.39, 0.29) is 0 Å². The van der Waals surface area contributed by atoms with Crippen molar-refractivity contribution < 1.29 is 0 Å². The molecule has 0 heteroatoms. The smallest absolute Gasteiger partial charge is 0.0149 e. The molecule has 0 fully saturated rings. The van der Waals surface area contributed by atoms with E-state index in [4.69, 9.17) is 0 Å². The van der Waals surface area contributed by atoms with E-state index in [9.17, 15) is 0 Å². The van der Waals surface area contributed by atoms with Crippen LogP contribution in [0.15, 0.2) is 66.7 Å². The van der Waals surface area contributed by atoms with Gasteiger partial charge in [-0.15, -0.1) is 0 Å². The van der Waals surface area contributed by atoms with Crippen LogP contribution in [-0.4, -0.2) is 0 Å². The van der Waals surface area contributed by atoms with Crippen LogP contribution in [0.25, 0.3) is 21.5 Å². The number of aryl methyl sites for hydroxylation is 5. The summed E-state index contributed by atoms with van der Waals surface area (Å²) in [4.78, 5) is 0. The molecule has 0 saturated heterocycles. The summed E-state index contributed by atoms with van der Waals surface area (Å²) in [5.74, 6) is 0. The van der Waals surface area contributed by atoms with E-state index in [1.807, 2.05) is 41.5 Å². The molecule has 0 aromatic heterocycles. The molecule has 0 amide bonds. The van der Waals surface area contributed by atoms with Crippen molar-refractivity contribution in [2.45, 2.75) is 117 Å². The Morgan fingerprint density at radius 3 is 1.30 bits per heavy atom. The van der Waals surface area contributed by atoms with E-state index in [1.54, 1.807) is 0 Å². The maximum Gasteiger partial charge on any atom is -0.0149 e. The predicted octanol–water partition coefficient (Wildman–Crippen LogP) is 13.1. The molecule has 0 saturated carbocycles. The first-order chi connectivity index (χ1) is 17.8. The number of rotatable bonds is 0. The first-order valence-corrected chi connectivity index (χ1v) is 14.7. The molecule has 37 heavy (non-hydrogen) atoms. The van der Waals surface area contributed by atoms with Gasteiger partial charge in [-0.1, -0.05) is 149 Å². The minimum atomic E-state index is 1.25. The highest BCUT2D eigenvalue weighted by molar-refractivity contribution is 5.89. The molecule has 0 bridgehead atoms. The fourth-order valence-corrected chi connectivity index (χ4v) is 3.31. The predicted molar refractivity (Wildman–Crippen MR) is 178 cm³/mol. The Balaban J connectivity index is -0.000000444. The Morgan fingerprint density at radius 2 is 0.784 bits per heavy atom. The van der Waals surface area contributed by atoms with Crippen LogP contribution < -0.4 is 0 Å². The quantitative estimate of drug-likeness (QED) is 0.223. The van der Waals surface area contributed by atoms with Crippen LogP contribution in [0.5, 0.6) is 0 Å². The summed E-state index contributed by atoms with van der Waals surface area (Å²) in [6.07, 6.45) is 2.50. The van der Waals surface area contributed by atoms with E-state index in [0.717, 1.165) is 0 Å². The van der Waals surface area contributed by atoms with Crippen molar-refractivity contribution in [1.29, 1.82) is 0 Å². The highest BCUT2D eigenvalue weighted by Gasteiger charge is 2.01. The van der Waals surface area contributed by atoms with Crippen LogP contribution >= 0.6 is 0 Å². The normalized spacial score (nSPS) is 8.62. The molecular weight excluding hydrogens is 444 g/mol. The van der Waals surface area contributed by atoms with Gasteiger partial charge < -0.3 is 0 Å². The third-order valence-electron chi connectivity index (χ3n) is 5.29. The Morgan fingerprint density at radius 1 is 0.378 bits per heavy atom. The second kappa shape index (κ2) is 25.1. The van der Waals surface area contributed by atoms with Crippen LogP contribution in [0.2, 0.25) is 0 Å². The third-order valence-corrected chi connectivity index (χ3v) is 5.29. The van der Waals surface area contributed by atoms with E-state index in [0.29, 0.717) is 0 Å². The molecule has 4 aromatic rings. The second-order valence-corrected chi connectivity index (χ2v) is 8.32. The minimum Gasteiger partial charge on any atom is -0.0683 e. The molecule has 4 aromatic carbocycles. The summed E-state index contributed by atoms with van der Waals surface area (Å²) in [7, 11) is 0. The summed E-state index contributed by atoms with van der Waals surface area (Å²) < 4.78 is 0. The lowest BCUT2D eigenvalue weighted by molar-refractivity contribution is 1.09. The lowest BCUT2D eigenvalue weighted by atomic mass is 9.98. The summed E-state index contributed by atoms with van der Waals surface area (Å²) in [6.45, 7) is 31.4. The van der Waals surface area contributed by atoms with Gasteiger partial charge in [0, 0.05) is 0 Å². The van der Waals surface area contributed by atoms with Crippen LogP contribution in [0.4, 0.5) is 0 Å². The molecule has 0 nitrogen and oxygen atoms in total. The Labute approximate surface area is 232 Å². The van der Waals surface area contributed by atoms with E-state index >= 15 is 0 Å². The number of hydrogen-bond acceptors (Lipinski definition) is 0. The average molecular weight is 505 g/mol. The van der Waals surface area contributed by atoms with Gasteiger partial charge in [0.15, 0.2) is 0 Å². The zero-order chi connectivity index (χ0) is 29.4. The van der Waals surface area contributed by atoms with Gasteiger partial charge in [-0.3, -0.25) is 0 Å². The minimum absolute atomic E-state index is 1.25. The first-order valence-electron chi connectivity index (χ1n) is 14.7. The molecule has 0 spiro atoms. The zero-order valence-electron chi connectivity index (χ0n) is 27.3. The molecule has 4 rings (SSSR count). The summed E-state index contributed by atoms with van der Waals surface area (Å²) in [6, 6.07) is 23.8. The fraction of sp³-hybridized carbons (Fsp3) is 0.459. The van der Waals surface area contributed by atoms with E-state index in [2.05, 4.69) is 129 Å². The van der Waals surface area contributed by atoms with Crippen molar-refractivity contribution in [3.05, 3.63) is 94.5 Å². The van der Waals surface area contributed by atoms with Gasteiger partial charge >= 0.3 is 0 Å². The Hall–Kier alpha value is -2.60. The standard InChI is InChI=1S/C13H14.C12H12.2C3H8.3C2H6/c1-9-7-8-12-10(2)5-4-6-13(12)11(9)3;1-9-7-8-11-5-3-4-6-12(11)10(9)2;2*1-3-2;3*1-2/h4-8H,1-3H3;3-8H,1-2H3;2*3H2,1-2H3;3*1-2H3. The maximum atomic E-state index is 2.22. The van der Waals surface area contributed by atoms with Gasteiger partial charge in [-0.2, -0.15) is 0 Å². The lowest BCUT2D eigenvalue weighted by Gasteiger charge is -2.07. The van der Waals surface area contributed by atoms with Gasteiger partial charge in [-0.05, 0) is 84.0 Å². The zero-order valence-corrected chi connectivity index (χ0v) is 27.3. The number of benzene rings is 4. The largest absolute Gasteiger partial charge is 0.0683 e. The lowest BCUT2D eigenvalue weighted by Crippen LogP contribution is -1.85. The Kier molecular flexibility index (Phi) is 26.4. The van der Waals surface area contributed by atoms with E-state index in [1.165, 1.54) is 62.2 Å². The molecular formula is C37H60. The van der Waals surface area contributed by atoms with Crippen LogP contribution in [-0.2, 0) is 0 Å². The van der Waals surface area contributed by atoms with Crippen molar-refractivity contribution in [1.82, 2.24) is 0 Å². The van der Waals surface area contributed by atoms with Crippen molar-refractivity contribution in [3.63, 3.8) is 0 Å². The van der Waals surface area contributed by atoms with Gasteiger partial charge in [-0.25, -0.2) is 0 Å². The molecule has 0 radical (unpaired) electrons. The van der Waals surface area contributed by atoms with Gasteiger partial charge in [0.1, 0.15) is 0 Å². The van der Waals surface area contributed by atoms with Crippen LogP contribution in [0.3, 0.4) is 0 Å². The first kappa shape index (κ1) is 38.9. The topological polar surface area (TPSA) is 0 Å². The van der Waals surface area contributed by atoms with Gasteiger partial charge in [0.05, 0.1) is 0 Å². The van der Waals surface area contributed by atoms with Crippen molar-refractivity contribution >= 4 is 21.5 Å².